The SMILES string of the molecule is CCOCCOCCOC(=O)O[C@@H]1CC[C@@]2(C)C(=CC[C@@H]3[C@H]2CC[C@]2(C)[C@@H]([C@H](C)CCCC(C)C)CC[C@@H]32)C1. The first-order chi connectivity index (χ1) is 18.7. The highest BCUT2D eigenvalue weighted by Crippen LogP contribution is 2.67. The first kappa shape index (κ1) is 30.9. The summed E-state index contributed by atoms with van der Waals surface area (Å²) in [6.07, 6.45) is 15.9. The van der Waals surface area contributed by atoms with Crippen LogP contribution in [0.25, 0.3) is 0 Å². The van der Waals surface area contributed by atoms with Crippen LogP contribution >= 0.6 is 0 Å². The van der Waals surface area contributed by atoms with Gasteiger partial charge in [0, 0.05) is 13.0 Å². The van der Waals surface area contributed by atoms with E-state index in [-0.39, 0.29) is 18.1 Å². The van der Waals surface area contributed by atoms with Crippen molar-refractivity contribution < 1.29 is 23.7 Å². The summed E-state index contributed by atoms with van der Waals surface area (Å²) in [4.78, 5) is 12.3. The molecule has 0 saturated heterocycles. The number of hydrogen-bond acceptors (Lipinski definition) is 5. The first-order valence-corrected chi connectivity index (χ1v) is 16.4. The second kappa shape index (κ2) is 13.7. The van der Waals surface area contributed by atoms with Crippen LogP contribution < -0.4 is 0 Å². The van der Waals surface area contributed by atoms with Gasteiger partial charge >= 0.3 is 6.16 Å². The minimum absolute atomic E-state index is 0.0661. The molecule has 0 aromatic rings. The van der Waals surface area contributed by atoms with Crippen molar-refractivity contribution in [1.82, 2.24) is 0 Å². The monoisotopic (exact) mass is 546 g/mol. The summed E-state index contributed by atoms with van der Waals surface area (Å²) in [5.41, 5.74) is 2.34. The van der Waals surface area contributed by atoms with E-state index >= 15 is 0 Å². The van der Waals surface area contributed by atoms with Crippen LogP contribution in [0.5, 0.6) is 0 Å². The normalized spacial score (nSPS) is 36.5. The van der Waals surface area contributed by atoms with Gasteiger partial charge in [-0.25, -0.2) is 4.79 Å². The van der Waals surface area contributed by atoms with Crippen molar-refractivity contribution in [3.05, 3.63) is 11.6 Å². The average Bonchev–Trinajstić information content (AvgIpc) is 3.25. The van der Waals surface area contributed by atoms with E-state index in [2.05, 4.69) is 40.7 Å². The summed E-state index contributed by atoms with van der Waals surface area (Å²) in [7, 11) is 0. The third kappa shape index (κ3) is 7.05. The standard InChI is InChI=1S/C34H58O5/c1-7-36-19-20-37-21-22-38-32(35)39-27-15-17-33(5)26(23-27)11-12-28-30-14-13-29(25(4)10-8-9-24(2)3)34(30,6)18-16-31(28)33/h11,24-25,27-31H,7-10,12-23H2,1-6H3/t25-,27-,28+,29-,30+,31-,33+,34-/m1/s1. The van der Waals surface area contributed by atoms with Crippen molar-refractivity contribution in [2.24, 2.45) is 46.3 Å². The van der Waals surface area contributed by atoms with Crippen molar-refractivity contribution >= 4 is 6.16 Å². The molecule has 0 aromatic heterocycles. The number of carbonyl (C=O) groups is 1. The number of hydrogen-bond donors (Lipinski definition) is 0. The average molecular weight is 547 g/mol. The van der Waals surface area contributed by atoms with Crippen LogP contribution in [0, 0.1) is 46.3 Å². The highest BCUT2D eigenvalue weighted by molar-refractivity contribution is 5.60. The van der Waals surface area contributed by atoms with E-state index in [4.69, 9.17) is 18.9 Å². The van der Waals surface area contributed by atoms with Gasteiger partial charge in [-0.05, 0) is 98.2 Å². The van der Waals surface area contributed by atoms with Crippen LogP contribution in [-0.2, 0) is 18.9 Å². The summed E-state index contributed by atoms with van der Waals surface area (Å²) in [5.74, 6) is 5.07. The lowest BCUT2D eigenvalue weighted by molar-refractivity contribution is -0.0627. The molecule has 4 aliphatic rings. The number of rotatable bonds is 13. The predicted molar refractivity (Wildman–Crippen MR) is 157 cm³/mol. The second-order valence-corrected chi connectivity index (χ2v) is 14.2. The first-order valence-electron chi connectivity index (χ1n) is 16.4. The fourth-order valence-corrected chi connectivity index (χ4v) is 9.47. The summed E-state index contributed by atoms with van der Waals surface area (Å²) in [5, 5.41) is 0. The van der Waals surface area contributed by atoms with Crippen LogP contribution in [0.15, 0.2) is 11.6 Å². The highest BCUT2D eigenvalue weighted by atomic mass is 16.7. The van der Waals surface area contributed by atoms with Crippen molar-refractivity contribution in [2.45, 2.75) is 118 Å². The third-order valence-corrected chi connectivity index (χ3v) is 11.5. The van der Waals surface area contributed by atoms with Crippen molar-refractivity contribution in [3.8, 4) is 0 Å². The van der Waals surface area contributed by atoms with E-state index in [1.807, 2.05) is 6.92 Å². The van der Waals surface area contributed by atoms with E-state index in [1.165, 1.54) is 51.4 Å². The summed E-state index contributed by atoms with van der Waals surface area (Å²) >= 11 is 0. The largest absolute Gasteiger partial charge is 0.508 e. The van der Waals surface area contributed by atoms with Gasteiger partial charge in [-0.2, -0.15) is 0 Å². The molecule has 0 aromatic carbocycles. The van der Waals surface area contributed by atoms with E-state index in [0.717, 1.165) is 54.8 Å². The van der Waals surface area contributed by atoms with Crippen LogP contribution in [0.2, 0.25) is 0 Å². The molecule has 0 unspecified atom stereocenters. The minimum atomic E-state index is -0.556. The van der Waals surface area contributed by atoms with Crippen LogP contribution in [0.1, 0.15) is 112 Å². The Morgan fingerprint density at radius 3 is 2.49 bits per heavy atom. The Morgan fingerprint density at radius 2 is 1.72 bits per heavy atom. The molecule has 3 fully saturated rings. The van der Waals surface area contributed by atoms with Gasteiger partial charge in [-0.3, -0.25) is 0 Å². The molecule has 4 aliphatic carbocycles. The van der Waals surface area contributed by atoms with E-state index < -0.39 is 6.16 Å². The van der Waals surface area contributed by atoms with E-state index in [0.29, 0.717) is 31.8 Å². The van der Waals surface area contributed by atoms with Crippen molar-refractivity contribution in [2.75, 3.05) is 33.0 Å². The van der Waals surface area contributed by atoms with Crippen molar-refractivity contribution in [1.29, 1.82) is 0 Å². The molecule has 0 amide bonds. The van der Waals surface area contributed by atoms with Gasteiger partial charge < -0.3 is 18.9 Å². The molecular formula is C34H58O5. The highest BCUT2D eigenvalue weighted by Gasteiger charge is 2.59. The number of fused-ring (bicyclic) bond motifs is 5. The van der Waals surface area contributed by atoms with Crippen LogP contribution in [-0.4, -0.2) is 45.3 Å². The molecule has 0 radical (unpaired) electrons. The molecule has 0 aliphatic heterocycles. The van der Waals surface area contributed by atoms with Gasteiger partial charge in [0.15, 0.2) is 0 Å². The predicted octanol–water partition coefficient (Wildman–Crippen LogP) is 8.60. The molecule has 0 spiro atoms. The molecule has 4 rings (SSSR count). The zero-order valence-electron chi connectivity index (χ0n) is 26.0. The fourth-order valence-electron chi connectivity index (χ4n) is 9.47. The summed E-state index contributed by atoms with van der Waals surface area (Å²) in [6.45, 7) is 16.8. The maximum Gasteiger partial charge on any atom is 0.508 e. The minimum Gasteiger partial charge on any atom is -0.432 e. The van der Waals surface area contributed by atoms with Gasteiger partial charge in [0.25, 0.3) is 0 Å². The quantitative estimate of drug-likeness (QED) is 0.131. The zero-order valence-corrected chi connectivity index (χ0v) is 26.0. The van der Waals surface area contributed by atoms with E-state index in [1.54, 1.807) is 5.57 Å². The lowest BCUT2D eigenvalue weighted by atomic mass is 9.47. The van der Waals surface area contributed by atoms with Gasteiger partial charge in [0.05, 0.1) is 19.8 Å². The smallest absolute Gasteiger partial charge is 0.432 e. The fraction of sp³-hybridized carbons (Fsp3) is 0.912. The molecule has 39 heavy (non-hydrogen) atoms. The summed E-state index contributed by atoms with van der Waals surface area (Å²) in [6, 6.07) is 0. The molecule has 3 saturated carbocycles. The lowest BCUT2D eigenvalue weighted by Crippen LogP contribution is -2.51. The topological polar surface area (TPSA) is 54.0 Å². The van der Waals surface area contributed by atoms with Crippen molar-refractivity contribution in [3.63, 3.8) is 0 Å². The Morgan fingerprint density at radius 1 is 0.949 bits per heavy atom. The molecule has 0 bridgehead atoms. The van der Waals surface area contributed by atoms with Gasteiger partial charge in [-0.15, -0.1) is 0 Å². The Bertz CT molecular complexity index is 822. The zero-order chi connectivity index (χ0) is 28.0. The Kier molecular flexibility index (Phi) is 10.9. The molecule has 0 heterocycles. The third-order valence-electron chi connectivity index (χ3n) is 11.5. The lowest BCUT2D eigenvalue weighted by Gasteiger charge is -2.58. The van der Waals surface area contributed by atoms with Gasteiger partial charge in [-0.1, -0.05) is 65.5 Å². The maximum atomic E-state index is 12.3. The number of carbonyl (C=O) groups excluding carboxylic acids is 1. The Balaban J connectivity index is 1.29. The second-order valence-electron chi connectivity index (χ2n) is 14.2. The molecule has 224 valence electrons. The van der Waals surface area contributed by atoms with Gasteiger partial charge in [0.2, 0.25) is 0 Å². The number of ether oxygens (including phenoxy) is 4. The Hall–Kier alpha value is -1.07. The van der Waals surface area contributed by atoms with Gasteiger partial charge in [0.1, 0.15) is 12.7 Å². The molecule has 5 nitrogen and oxygen atoms in total. The molecular weight excluding hydrogens is 488 g/mol. The molecule has 5 heteroatoms. The summed E-state index contributed by atoms with van der Waals surface area (Å²) < 4.78 is 21.7. The van der Waals surface area contributed by atoms with E-state index in [9.17, 15) is 4.79 Å². The molecule has 0 N–H and O–H groups in total. The van der Waals surface area contributed by atoms with Crippen LogP contribution in [0.3, 0.4) is 0 Å². The number of allylic oxidation sites excluding steroid dienone is 1. The molecule has 8 atom stereocenters. The maximum absolute atomic E-state index is 12.3. The van der Waals surface area contributed by atoms with Crippen LogP contribution in [0.4, 0.5) is 4.79 Å². The Labute approximate surface area is 239 Å².